The molecule has 1 aliphatic carbocycles. The van der Waals surface area contributed by atoms with Crippen LogP contribution in [0.1, 0.15) is 28.8 Å². The van der Waals surface area contributed by atoms with E-state index in [-0.39, 0.29) is 0 Å². The van der Waals surface area contributed by atoms with Gasteiger partial charge in [0.25, 0.3) is 0 Å². The summed E-state index contributed by atoms with van der Waals surface area (Å²) in [4.78, 5) is 11.6. The second kappa shape index (κ2) is 6.88. The van der Waals surface area contributed by atoms with Crippen LogP contribution < -0.4 is 14.8 Å². The fraction of sp³-hybridized carbons (Fsp3) is 0.368. The summed E-state index contributed by atoms with van der Waals surface area (Å²) >= 11 is 1.81. The summed E-state index contributed by atoms with van der Waals surface area (Å²) in [7, 11) is 3.32. The zero-order valence-corrected chi connectivity index (χ0v) is 15.3. The molecule has 1 N–H and O–H groups in total. The van der Waals surface area contributed by atoms with Crippen LogP contribution >= 0.6 is 11.3 Å². The molecule has 0 aliphatic heterocycles. The molecule has 3 aromatic rings. The van der Waals surface area contributed by atoms with Crippen molar-refractivity contribution in [1.29, 1.82) is 0 Å². The van der Waals surface area contributed by atoms with Crippen LogP contribution in [0.3, 0.4) is 0 Å². The van der Waals surface area contributed by atoms with Gasteiger partial charge < -0.3 is 14.8 Å². The maximum Gasteiger partial charge on any atom is 0.165 e. The minimum absolute atomic E-state index is 0.622. The first-order chi connectivity index (χ1) is 12.3. The van der Waals surface area contributed by atoms with Gasteiger partial charge in [-0.1, -0.05) is 12.1 Å². The number of aromatic nitrogens is 2. The van der Waals surface area contributed by atoms with Gasteiger partial charge in [-0.05, 0) is 37.3 Å². The number of benzene rings is 1. The first-order valence-corrected chi connectivity index (χ1v) is 9.32. The van der Waals surface area contributed by atoms with Gasteiger partial charge in [-0.2, -0.15) is 0 Å². The molecule has 1 aliphatic rings. The third kappa shape index (κ3) is 2.91. The molecule has 0 amide bonds. The summed E-state index contributed by atoms with van der Waals surface area (Å²) in [5, 5.41) is 4.68. The molecule has 5 nitrogen and oxygen atoms in total. The van der Waals surface area contributed by atoms with E-state index >= 15 is 0 Å². The molecule has 25 heavy (non-hydrogen) atoms. The van der Waals surface area contributed by atoms with E-state index in [9.17, 15) is 0 Å². The average Bonchev–Trinajstić information content (AvgIpc) is 3.05. The third-order valence-electron chi connectivity index (χ3n) is 4.68. The predicted molar refractivity (Wildman–Crippen MR) is 101 cm³/mol. The van der Waals surface area contributed by atoms with Crippen molar-refractivity contribution < 1.29 is 9.47 Å². The summed E-state index contributed by atoms with van der Waals surface area (Å²) in [5.41, 5.74) is 2.48. The molecule has 1 aromatic carbocycles. The molecule has 0 bridgehead atoms. The highest BCUT2D eigenvalue weighted by Gasteiger charge is 2.20. The van der Waals surface area contributed by atoms with Crippen molar-refractivity contribution in [3.63, 3.8) is 0 Å². The molecule has 0 saturated carbocycles. The molecular weight excluding hydrogens is 334 g/mol. The summed E-state index contributed by atoms with van der Waals surface area (Å²) in [5.74, 6) is 2.41. The highest BCUT2D eigenvalue weighted by molar-refractivity contribution is 7.19. The number of hydrogen-bond donors (Lipinski definition) is 1. The Bertz CT molecular complexity index is 907. The molecule has 2 aromatic heterocycles. The first kappa shape index (κ1) is 16.1. The normalized spacial score (nSPS) is 13.5. The van der Waals surface area contributed by atoms with Gasteiger partial charge in [-0.3, -0.25) is 0 Å². The van der Waals surface area contributed by atoms with Crippen LogP contribution in [0.4, 0.5) is 5.82 Å². The lowest BCUT2D eigenvalue weighted by atomic mass is 9.97. The molecule has 0 radical (unpaired) electrons. The molecule has 6 heteroatoms. The Balaban J connectivity index is 1.67. The Morgan fingerprint density at radius 2 is 2.00 bits per heavy atom. The molecule has 0 atom stereocenters. The van der Waals surface area contributed by atoms with E-state index in [1.807, 2.05) is 29.5 Å². The largest absolute Gasteiger partial charge is 0.493 e. The van der Waals surface area contributed by atoms with Crippen molar-refractivity contribution in [1.82, 2.24) is 9.97 Å². The van der Waals surface area contributed by atoms with Gasteiger partial charge in [0.05, 0.1) is 19.6 Å². The smallest absolute Gasteiger partial charge is 0.165 e. The lowest BCUT2D eigenvalue weighted by Crippen LogP contribution is -2.06. The fourth-order valence-electron chi connectivity index (χ4n) is 3.50. The molecule has 4 rings (SSSR count). The maximum atomic E-state index is 5.52. The first-order valence-electron chi connectivity index (χ1n) is 8.50. The Morgan fingerprint density at radius 1 is 1.12 bits per heavy atom. The molecule has 0 saturated heterocycles. The van der Waals surface area contributed by atoms with E-state index in [0.29, 0.717) is 6.54 Å². The number of nitrogens with zero attached hydrogens (tertiary/aromatic N) is 2. The van der Waals surface area contributed by atoms with Gasteiger partial charge in [-0.15, -0.1) is 11.3 Å². The van der Waals surface area contributed by atoms with Crippen LogP contribution in [0, 0.1) is 0 Å². The van der Waals surface area contributed by atoms with Crippen molar-refractivity contribution in [3.05, 3.63) is 40.5 Å². The molecule has 0 unspecified atom stereocenters. The number of fused-ring (bicyclic) bond motifs is 3. The number of anilines is 1. The number of thiophene rings is 1. The number of rotatable bonds is 5. The Kier molecular flexibility index (Phi) is 4.44. The monoisotopic (exact) mass is 355 g/mol. The summed E-state index contributed by atoms with van der Waals surface area (Å²) < 4.78 is 10.9. The Hall–Kier alpha value is -2.34. The Morgan fingerprint density at radius 3 is 2.84 bits per heavy atom. The standard InChI is InChI=1S/C19H21N3O2S/c1-23-14-8-5-6-12(17(14)24-2)10-20-18-16-13-7-3-4-9-15(13)25-19(16)22-11-21-18/h5-6,8,11H,3-4,7,9-10H2,1-2H3,(H,20,21,22). The van der Waals surface area contributed by atoms with Gasteiger partial charge in [-0.25, -0.2) is 9.97 Å². The van der Waals surface area contributed by atoms with Crippen LogP contribution in [0.15, 0.2) is 24.5 Å². The average molecular weight is 355 g/mol. The Labute approximate surface area is 151 Å². The van der Waals surface area contributed by atoms with Gasteiger partial charge in [0.1, 0.15) is 17.0 Å². The SMILES string of the molecule is COc1cccc(CNc2ncnc3sc4c(c23)CCCC4)c1OC. The molecule has 0 spiro atoms. The summed E-state index contributed by atoms with van der Waals surface area (Å²) in [6, 6.07) is 5.91. The van der Waals surface area contributed by atoms with E-state index in [2.05, 4.69) is 15.3 Å². The molecule has 2 heterocycles. The van der Waals surface area contributed by atoms with Gasteiger partial charge in [0, 0.05) is 17.0 Å². The van der Waals surface area contributed by atoms with Crippen molar-refractivity contribution in [2.75, 3.05) is 19.5 Å². The van der Waals surface area contributed by atoms with Crippen molar-refractivity contribution in [2.24, 2.45) is 0 Å². The topological polar surface area (TPSA) is 56.3 Å². The number of para-hydroxylation sites is 1. The van der Waals surface area contributed by atoms with Crippen LogP contribution in [0.5, 0.6) is 11.5 Å². The summed E-state index contributed by atoms with van der Waals surface area (Å²) in [6.45, 7) is 0.622. The lowest BCUT2D eigenvalue weighted by molar-refractivity contribution is 0.352. The van der Waals surface area contributed by atoms with Crippen molar-refractivity contribution >= 4 is 27.4 Å². The van der Waals surface area contributed by atoms with Gasteiger partial charge >= 0.3 is 0 Å². The van der Waals surface area contributed by atoms with Crippen LogP contribution in [0.25, 0.3) is 10.2 Å². The quantitative estimate of drug-likeness (QED) is 0.743. The van der Waals surface area contributed by atoms with Gasteiger partial charge in [0.2, 0.25) is 0 Å². The summed E-state index contributed by atoms with van der Waals surface area (Å²) in [6.07, 6.45) is 6.46. The predicted octanol–water partition coefficient (Wildman–Crippen LogP) is 4.20. The number of methoxy groups -OCH3 is 2. The highest BCUT2D eigenvalue weighted by atomic mass is 32.1. The zero-order chi connectivity index (χ0) is 17.2. The third-order valence-corrected chi connectivity index (χ3v) is 5.88. The van der Waals surface area contributed by atoms with E-state index in [1.54, 1.807) is 20.5 Å². The van der Waals surface area contributed by atoms with E-state index in [4.69, 9.17) is 9.47 Å². The minimum atomic E-state index is 0.622. The van der Waals surface area contributed by atoms with E-state index in [1.165, 1.54) is 35.1 Å². The van der Waals surface area contributed by atoms with Gasteiger partial charge in [0.15, 0.2) is 11.5 Å². The molecule has 130 valence electrons. The number of hydrogen-bond acceptors (Lipinski definition) is 6. The second-order valence-corrected chi connectivity index (χ2v) is 7.20. The molecular formula is C19H21N3O2S. The number of ether oxygens (including phenoxy) is 2. The maximum absolute atomic E-state index is 5.52. The number of aryl methyl sites for hydroxylation is 2. The zero-order valence-electron chi connectivity index (χ0n) is 14.5. The molecule has 0 fully saturated rings. The highest BCUT2D eigenvalue weighted by Crippen LogP contribution is 2.38. The second-order valence-electron chi connectivity index (χ2n) is 6.12. The number of nitrogens with one attached hydrogen (secondary N) is 1. The minimum Gasteiger partial charge on any atom is -0.493 e. The van der Waals surface area contributed by atoms with Crippen molar-refractivity contribution in [3.8, 4) is 11.5 Å². The van der Waals surface area contributed by atoms with Crippen LogP contribution in [-0.4, -0.2) is 24.2 Å². The van der Waals surface area contributed by atoms with Crippen LogP contribution in [0.2, 0.25) is 0 Å². The fourth-order valence-corrected chi connectivity index (χ4v) is 4.72. The van der Waals surface area contributed by atoms with Crippen molar-refractivity contribution in [2.45, 2.75) is 32.2 Å². The van der Waals surface area contributed by atoms with E-state index < -0.39 is 0 Å². The van der Waals surface area contributed by atoms with Crippen LogP contribution in [-0.2, 0) is 19.4 Å². The van der Waals surface area contributed by atoms with E-state index in [0.717, 1.165) is 34.1 Å². The lowest BCUT2D eigenvalue weighted by Gasteiger charge is -2.15.